The third-order valence-electron chi connectivity index (χ3n) is 4.11. The molecule has 126 valence electrons. The topological polar surface area (TPSA) is 80.1 Å². The molecule has 0 aromatic carbocycles. The zero-order valence-electron chi connectivity index (χ0n) is 13.9. The third-order valence-corrected chi connectivity index (χ3v) is 4.11. The van der Waals surface area contributed by atoms with Gasteiger partial charge in [-0.05, 0) is 32.8 Å². The lowest BCUT2D eigenvalue weighted by molar-refractivity contribution is -0.132. The Morgan fingerprint density at radius 2 is 2.17 bits per heavy atom. The number of carbonyl (C=O) groups excluding carboxylic acids is 2. The van der Waals surface area contributed by atoms with Gasteiger partial charge >= 0.3 is 0 Å². The monoisotopic (exact) mass is 319 g/mol. The fourth-order valence-corrected chi connectivity index (χ4v) is 2.83. The predicted octanol–water partition coefficient (Wildman–Crippen LogP) is 1.22. The van der Waals surface area contributed by atoms with Crippen LogP contribution in [0.2, 0.25) is 0 Å². The van der Waals surface area contributed by atoms with E-state index >= 15 is 0 Å². The Kier molecular flexibility index (Phi) is 5.90. The highest BCUT2D eigenvalue weighted by molar-refractivity contribution is 5.90. The van der Waals surface area contributed by atoms with Gasteiger partial charge in [-0.15, -0.1) is 10.2 Å². The van der Waals surface area contributed by atoms with E-state index in [1.807, 2.05) is 13.8 Å². The third kappa shape index (κ3) is 4.18. The lowest BCUT2D eigenvalue weighted by Crippen LogP contribution is -2.41. The molecule has 23 heavy (non-hydrogen) atoms. The molecule has 1 atom stereocenters. The van der Waals surface area contributed by atoms with Crippen LogP contribution in [-0.4, -0.2) is 44.6 Å². The number of fused-ring (bicyclic) bond motifs is 1. The van der Waals surface area contributed by atoms with Gasteiger partial charge in [0.2, 0.25) is 11.8 Å². The molecule has 1 aliphatic heterocycles. The molecule has 1 aromatic heterocycles. The van der Waals surface area contributed by atoms with Crippen molar-refractivity contribution >= 4 is 11.8 Å². The van der Waals surface area contributed by atoms with E-state index in [9.17, 15) is 9.59 Å². The molecule has 0 saturated heterocycles. The van der Waals surface area contributed by atoms with Crippen molar-refractivity contribution in [3.8, 4) is 0 Å². The van der Waals surface area contributed by atoms with Crippen LogP contribution in [0.25, 0.3) is 0 Å². The molecule has 2 heterocycles. The number of rotatable bonds is 6. The van der Waals surface area contributed by atoms with Crippen LogP contribution in [0.1, 0.15) is 50.8 Å². The summed E-state index contributed by atoms with van der Waals surface area (Å²) in [6.45, 7) is 8.56. The maximum absolute atomic E-state index is 12.2. The van der Waals surface area contributed by atoms with E-state index in [0.29, 0.717) is 6.54 Å². The lowest BCUT2D eigenvalue weighted by atomic mass is 10.2. The summed E-state index contributed by atoms with van der Waals surface area (Å²) in [4.78, 5) is 25.2. The number of likely N-dealkylation sites (N-methyl/N-ethyl adjacent to an activating group) is 1. The minimum Gasteiger partial charge on any atom is -0.345 e. The molecule has 0 bridgehead atoms. The van der Waals surface area contributed by atoms with Gasteiger partial charge < -0.3 is 14.8 Å². The van der Waals surface area contributed by atoms with Gasteiger partial charge in [0.25, 0.3) is 0 Å². The minimum absolute atomic E-state index is 0.0205. The number of amides is 2. The first-order valence-electron chi connectivity index (χ1n) is 8.19. The first-order valence-corrected chi connectivity index (χ1v) is 8.19. The fourth-order valence-electron chi connectivity index (χ4n) is 2.83. The fraction of sp³-hybridized carbons (Fsp3) is 0.625. The molecule has 1 N–H and O–H groups in total. The van der Waals surface area contributed by atoms with Gasteiger partial charge in [0.15, 0.2) is 5.82 Å². The van der Waals surface area contributed by atoms with Crippen LogP contribution < -0.4 is 5.32 Å². The Balaban J connectivity index is 2.00. The zero-order valence-corrected chi connectivity index (χ0v) is 13.9. The first kappa shape index (κ1) is 17.2. The SMILES string of the molecule is C=CC(=O)N(CC)CC(=O)NC(C)c1nnc2n1CCCCC2. The first-order chi connectivity index (χ1) is 11.1. The molecule has 0 aliphatic carbocycles. The van der Waals surface area contributed by atoms with Crippen molar-refractivity contribution in [3.05, 3.63) is 24.3 Å². The van der Waals surface area contributed by atoms with Crippen LogP contribution >= 0.6 is 0 Å². The quantitative estimate of drug-likeness (QED) is 0.799. The Morgan fingerprint density at radius 3 is 2.87 bits per heavy atom. The van der Waals surface area contributed by atoms with Crippen molar-refractivity contribution in [3.63, 3.8) is 0 Å². The van der Waals surface area contributed by atoms with Crippen LogP contribution in [0, 0.1) is 0 Å². The maximum atomic E-state index is 12.2. The van der Waals surface area contributed by atoms with Crippen LogP contribution in [-0.2, 0) is 22.6 Å². The largest absolute Gasteiger partial charge is 0.345 e. The van der Waals surface area contributed by atoms with Gasteiger partial charge in [0.05, 0.1) is 12.6 Å². The highest BCUT2D eigenvalue weighted by Crippen LogP contribution is 2.18. The molecule has 2 rings (SSSR count). The van der Waals surface area contributed by atoms with Crippen molar-refractivity contribution in [2.75, 3.05) is 13.1 Å². The average Bonchev–Trinajstić information content (AvgIpc) is 2.80. The van der Waals surface area contributed by atoms with Gasteiger partial charge in [-0.25, -0.2) is 0 Å². The van der Waals surface area contributed by atoms with Crippen LogP contribution in [0.4, 0.5) is 0 Å². The van der Waals surface area contributed by atoms with Gasteiger partial charge in [-0.1, -0.05) is 13.0 Å². The molecule has 7 heteroatoms. The van der Waals surface area contributed by atoms with Gasteiger partial charge in [-0.2, -0.15) is 0 Å². The molecule has 0 radical (unpaired) electrons. The molecule has 7 nitrogen and oxygen atoms in total. The van der Waals surface area contributed by atoms with Crippen molar-refractivity contribution in [1.82, 2.24) is 25.0 Å². The molecular formula is C16H25N5O2. The lowest BCUT2D eigenvalue weighted by Gasteiger charge is -2.20. The molecular weight excluding hydrogens is 294 g/mol. The summed E-state index contributed by atoms with van der Waals surface area (Å²) in [5.74, 6) is 1.33. The summed E-state index contributed by atoms with van der Waals surface area (Å²) in [5.41, 5.74) is 0. The number of carbonyl (C=O) groups is 2. The summed E-state index contributed by atoms with van der Waals surface area (Å²) in [5, 5.41) is 11.4. The molecule has 0 fully saturated rings. The van der Waals surface area contributed by atoms with E-state index in [1.165, 1.54) is 17.4 Å². The highest BCUT2D eigenvalue weighted by atomic mass is 16.2. The summed E-state index contributed by atoms with van der Waals surface area (Å²) >= 11 is 0. The summed E-state index contributed by atoms with van der Waals surface area (Å²) in [6.07, 6.45) is 5.59. The van der Waals surface area contributed by atoms with Crippen LogP contribution in [0.5, 0.6) is 0 Å². The number of hydrogen-bond acceptors (Lipinski definition) is 4. The normalized spacial score (nSPS) is 15.2. The number of aromatic nitrogens is 3. The van der Waals surface area contributed by atoms with Gasteiger partial charge in [0, 0.05) is 19.5 Å². The molecule has 2 amide bonds. The second-order valence-electron chi connectivity index (χ2n) is 5.78. The van der Waals surface area contributed by atoms with E-state index < -0.39 is 0 Å². The number of nitrogens with one attached hydrogen (secondary N) is 1. The van der Waals surface area contributed by atoms with Gasteiger partial charge in [0.1, 0.15) is 5.82 Å². The highest BCUT2D eigenvalue weighted by Gasteiger charge is 2.21. The van der Waals surface area contributed by atoms with E-state index in [2.05, 4.69) is 26.7 Å². The van der Waals surface area contributed by atoms with Gasteiger partial charge in [-0.3, -0.25) is 9.59 Å². The Bertz CT molecular complexity index is 581. The minimum atomic E-state index is -0.244. The van der Waals surface area contributed by atoms with Crippen LogP contribution in [0.3, 0.4) is 0 Å². The van der Waals surface area contributed by atoms with E-state index in [0.717, 1.165) is 37.5 Å². The van der Waals surface area contributed by atoms with Crippen molar-refractivity contribution in [2.45, 2.75) is 52.1 Å². The second-order valence-corrected chi connectivity index (χ2v) is 5.78. The van der Waals surface area contributed by atoms with E-state index in [4.69, 9.17) is 0 Å². The number of nitrogens with zero attached hydrogens (tertiary/aromatic N) is 4. The maximum Gasteiger partial charge on any atom is 0.246 e. The molecule has 0 spiro atoms. The summed E-state index contributed by atoms with van der Waals surface area (Å²) in [7, 11) is 0. The van der Waals surface area contributed by atoms with Crippen molar-refractivity contribution < 1.29 is 9.59 Å². The smallest absolute Gasteiger partial charge is 0.246 e. The van der Waals surface area contributed by atoms with Crippen molar-refractivity contribution in [1.29, 1.82) is 0 Å². The summed E-state index contributed by atoms with van der Waals surface area (Å²) < 4.78 is 2.12. The van der Waals surface area contributed by atoms with Crippen LogP contribution in [0.15, 0.2) is 12.7 Å². The average molecular weight is 319 g/mol. The number of hydrogen-bond donors (Lipinski definition) is 1. The molecule has 1 aromatic rings. The zero-order chi connectivity index (χ0) is 16.8. The Labute approximate surface area is 136 Å². The van der Waals surface area contributed by atoms with E-state index in [-0.39, 0.29) is 24.4 Å². The van der Waals surface area contributed by atoms with Crippen molar-refractivity contribution in [2.24, 2.45) is 0 Å². The standard InChI is InChI=1S/C16H25N5O2/c1-4-15(23)20(5-2)11-14(22)17-12(3)16-19-18-13-9-7-6-8-10-21(13)16/h4,12H,1,5-11H2,2-3H3,(H,17,22). The summed E-state index contributed by atoms with van der Waals surface area (Å²) in [6, 6.07) is -0.237. The number of aryl methyl sites for hydroxylation is 1. The molecule has 1 unspecified atom stereocenters. The Hall–Kier alpha value is -2.18. The Morgan fingerprint density at radius 1 is 1.39 bits per heavy atom. The molecule has 1 aliphatic rings. The second kappa shape index (κ2) is 7.89. The predicted molar refractivity (Wildman–Crippen MR) is 86.6 cm³/mol. The van der Waals surface area contributed by atoms with E-state index in [1.54, 1.807) is 0 Å². The molecule has 0 saturated carbocycles.